The molecule has 3 heterocycles. The number of hydrogen-bond acceptors (Lipinski definition) is 9. The molecular formula is C36H29Cl2F3N4O8. The zero-order valence-corrected chi connectivity index (χ0v) is 29.1. The number of pyridine rings is 1. The summed E-state index contributed by atoms with van der Waals surface area (Å²) in [6.07, 6.45) is -3.03. The monoisotopic (exact) mass is 772 g/mol. The van der Waals surface area contributed by atoms with Crippen LogP contribution in [-0.4, -0.2) is 68.4 Å². The molecule has 2 saturated heterocycles. The highest BCUT2D eigenvalue weighted by atomic mass is 35.5. The largest absolute Gasteiger partial charge is 0.504 e. The number of imide groups is 2. The number of carboxylic acid groups (broad SMARTS) is 1. The fraction of sp³-hybridized carbons (Fsp3) is 0.333. The van der Waals surface area contributed by atoms with Gasteiger partial charge in [0.25, 0.3) is 11.8 Å². The van der Waals surface area contributed by atoms with Crippen molar-refractivity contribution >= 4 is 58.6 Å². The molecule has 17 heteroatoms. The summed E-state index contributed by atoms with van der Waals surface area (Å²) in [7, 11) is 1.35. The van der Waals surface area contributed by atoms with Crippen molar-refractivity contribution in [3.05, 3.63) is 93.1 Å². The zero-order chi connectivity index (χ0) is 38.1. The number of methoxy groups -OCH3 is 1. The van der Waals surface area contributed by atoms with Crippen LogP contribution in [-0.2, 0) is 35.6 Å². The normalized spacial score (nSPS) is 26.6. The van der Waals surface area contributed by atoms with E-state index in [1.165, 1.54) is 31.4 Å². The minimum atomic E-state index is -4.77. The average Bonchev–Trinajstić information content (AvgIpc) is 3.48. The molecule has 53 heavy (non-hydrogen) atoms. The molecule has 0 radical (unpaired) electrons. The maximum Gasteiger partial charge on any atom is 0.417 e. The van der Waals surface area contributed by atoms with Gasteiger partial charge in [-0.15, -0.1) is 0 Å². The summed E-state index contributed by atoms with van der Waals surface area (Å²) in [5, 5.41) is 20.7. The number of amides is 4. The second-order valence-corrected chi connectivity index (χ2v) is 14.2. The van der Waals surface area contributed by atoms with E-state index in [1.54, 1.807) is 24.3 Å². The van der Waals surface area contributed by atoms with Gasteiger partial charge in [0.1, 0.15) is 0 Å². The van der Waals surface area contributed by atoms with Gasteiger partial charge in [0.15, 0.2) is 17.3 Å². The van der Waals surface area contributed by atoms with E-state index in [4.69, 9.17) is 27.9 Å². The molecular weight excluding hydrogens is 744 g/mol. The molecule has 0 unspecified atom stereocenters. The molecule has 0 spiro atoms. The van der Waals surface area contributed by atoms with Gasteiger partial charge in [-0.1, -0.05) is 53.1 Å². The van der Waals surface area contributed by atoms with Gasteiger partial charge in [-0.25, -0.2) is 4.98 Å². The number of phenols is 1. The maximum absolute atomic E-state index is 15.2. The predicted octanol–water partition coefficient (Wildman–Crippen LogP) is 5.58. The number of anilines is 1. The van der Waals surface area contributed by atoms with Crippen molar-refractivity contribution in [3.8, 4) is 11.5 Å². The number of aromatic hydroxyl groups is 1. The first-order valence-corrected chi connectivity index (χ1v) is 17.1. The molecule has 3 fully saturated rings. The van der Waals surface area contributed by atoms with Crippen LogP contribution in [0.1, 0.15) is 41.9 Å². The minimum absolute atomic E-state index is 0.0693. The molecule has 7 rings (SSSR count). The highest BCUT2D eigenvalue weighted by Gasteiger charge is 2.70. The number of alkyl halides is 3. The topological polar surface area (TPSA) is 166 Å². The van der Waals surface area contributed by atoms with E-state index in [2.05, 4.69) is 10.4 Å². The number of aliphatic carboxylic acids is 1. The molecule has 6 atom stereocenters. The molecule has 3 aromatic rings. The number of hydrazine groups is 1. The number of nitrogens with one attached hydrogen (secondary N) is 1. The van der Waals surface area contributed by atoms with Crippen molar-refractivity contribution < 1.29 is 52.1 Å². The van der Waals surface area contributed by atoms with Crippen molar-refractivity contribution in [3.63, 3.8) is 0 Å². The van der Waals surface area contributed by atoms with E-state index in [-0.39, 0.29) is 30.9 Å². The predicted molar refractivity (Wildman–Crippen MR) is 181 cm³/mol. The smallest absolute Gasteiger partial charge is 0.417 e. The number of aromatic nitrogens is 1. The number of allylic oxidation sites excluding steroid dienone is 2. The van der Waals surface area contributed by atoms with E-state index < -0.39 is 93.6 Å². The van der Waals surface area contributed by atoms with Crippen LogP contribution < -0.4 is 10.2 Å². The molecule has 4 amide bonds. The number of likely N-dealkylation sites (tertiary alicyclic amines) is 1. The highest BCUT2D eigenvalue weighted by molar-refractivity contribution is 6.33. The van der Waals surface area contributed by atoms with E-state index >= 15 is 4.79 Å². The number of benzene rings is 2. The van der Waals surface area contributed by atoms with Gasteiger partial charge >= 0.3 is 12.1 Å². The number of carbonyl (C=O) groups excluding carboxylic acids is 4. The fourth-order valence-corrected chi connectivity index (χ4v) is 8.87. The summed E-state index contributed by atoms with van der Waals surface area (Å²) in [5.74, 6) is -9.54. The number of carbonyl (C=O) groups is 5. The van der Waals surface area contributed by atoms with Crippen molar-refractivity contribution in [1.29, 1.82) is 0 Å². The summed E-state index contributed by atoms with van der Waals surface area (Å²) in [5.41, 5.74) is 0.814. The van der Waals surface area contributed by atoms with Gasteiger partial charge in [-0.3, -0.25) is 34.3 Å². The van der Waals surface area contributed by atoms with Crippen molar-refractivity contribution in [2.45, 2.75) is 36.8 Å². The Kier molecular flexibility index (Phi) is 8.92. The standard InChI is InChI=1S/C36H29Cl2F3N4O8/c1-53-26-9-2-16(12-25(26)46)29-20-7-8-21-28(33(51)44(31(21)49)11-10-27(47)48)22(20)14-23-32(50)45(34(52)35(23,29)17-3-5-19(37)6-4-17)43-30-24(38)13-18(15-42-30)36(39,40)41/h2-7,9,12-13,15,21-23,28-29,46H,8,10-11,14H2,1H3,(H,42,43)(H,47,48)/t21-,22+,23-,28-,29-,35+/m0/s1. The SMILES string of the molecule is COc1ccc([C@H]2C3=CC[C@@H]4C(=O)N(CCC(=O)O)C(=O)[C@@H]4[C@@H]3C[C@H]3C(=O)N(Nc4ncc(C(F)(F)F)cc4Cl)C(=O)[C@@]23c2ccc(Cl)cc2)cc1O. The number of fused-ring (bicyclic) bond motifs is 4. The number of halogens is 5. The first-order chi connectivity index (χ1) is 25.1. The summed E-state index contributed by atoms with van der Waals surface area (Å²) in [6, 6.07) is 11.3. The zero-order valence-electron chi connectivity index (χ0n) is 27.6. The molecule has 0 bridgehead atoms. The lowest BCUT2D eigenvalue weighted by Crippen LogP contribution is -2.53. The number of nitrogens with zero attached hydrogens (tertiary/aromatic N) is 3. The van der Waals surface area contributed by atoms with E-state index in [0.29, 0.717) is 39.0 Å². The second kappa shape index (κ2) is 13.1. The third kappa shape index (κ3) is 5.68. The Bertz CT molecular complexity index is 2110. The molecule has 2 aliphatic heterocycles. The highest BCUT2D eigenvalue weighted by Crippen LogP contribution is 2.64. The van der Waals surface area contributed by atoms with Crippen LogP contribution in [0, 0.1) is 23.7 Å². The van der Waals surface area contributed by atoms with E-state index in [1.807, 2.05) is 0 Å². The molecule has 2 aliphatic carbocycles. The molecule has 2 aromatic carbocycles. The summed E-state index contributed by atoms with van der Waals surface area (Å²) >= 11 is 12.5. The van der Waals surface area contributed by atoms with Crippen LogP contribution in [0.4, 0.5) is 19.0 Å². The number of carboxylic acids is 1. The lowest BCUT2D eigenvalue weighted by Gasteiger charge is -2.50. The van der Waals surface area contributed by atoms with Gasteiger partial charge in [0.05, 0.1) is 47.3 Å². The number of ether oxygens (including phenoxy) is 1. The van der Waals surface area contributed by atoms with Gasteiger partial charge in [-0.2, -0.15) is 18.2 Å². The summed E-state index contributed by atoms with van der Waals surface area (Å²) in [4.78, 5) is 73.5. The third-order valence-electron chi connectivity index (χ3n) is 10.7. The molecule has 4 aliphatic rings. The van der Waals surface area contributed by atoms with Crippen LogP contribution in [0.25, 0.3) is 0 Å². The van der Waals surface area contributed by atoms with Gasteiger partial charge in [0, 0.05) is 23.7 Å². The minimum Gasteiger partial charge on any atom is -0.504 e. The third-order valence-corrected chi connectivity index (χ3v) is 11.3. The first kappa shape index (κ1) is 36.2. The Hall–Kier alpha value is -5.15. The maximum atomic E-state index is 15.2. The fourth-order valence-electron chi connectivity index (χ4n) is 8.54. The van der Waals surface area contributed by atoms with Crippen LogP contribution in [0.5, 0.6) is 11.5 Å². The van der Waals surface area contributed by atoms with Crippen LogP contribution >= 0.6 is 23.2 Å². The van der Waals surface area contributed by atoms with Crippen molar-refractivity contribution in [1.82, 2.24) is 14.9 Å². The van der Waals surface area contributed by atoms with Crippen LogP contribution in [0.3, 0.4) is 0 Å². The number of rotatable bonds is 8. The van der Waals surface area contributed by atoms with E-state index in [9.17, 15) is 42.6 Å². The Balaban J connectivity index is 1.42. The molecule has 3 N–H and O–H groups in total. The lowest BCUT2D eigenvalue weighted by molar-refractivity contribution is -0.143. The van der Waals surface area contributed by atoms with Gasteiger partial charge in [0.2, 0.25) is 11.8 Å². The number of phenolic OH excluding ortho intramolecular Hbond substituents is 1. The Morgan fingerprint density at radius 2 is 1.75 bits per heavy atom. The van der Waals surface area contributed by atoms with Gasteiger partial charge in [-0.05, 0) is 60.2 Å². The number of hydrogen-bond donors (Lipinski definition) is 3. The summed E-state index contributed by atoms with van der Waals surface area (Å²) in [6.45, 7) is -0.341. The quantitative estimate of drug-likeness (QED) is 0.194. The summed E-state index contributed by atoms with van der Waals surface area (Å²) < 4.78 is 45.5. The van der Waals surface area contributed by atoms with E-state index in [0.717, 1.165) is 4.90 Å². The average molecular weight is 774 g/mol. The van der Waals surface area contributed by atoms with Crippen molar-refractivity contribution in [2.75, 3.05) is 19.1 Å². The Labute approximate surface area is 309 Å². The molecule has 276 valence electrons. The van der Waals surface area contributed by atoms with Crippen LogP contribution in [0.2, 0.25) is 10.0 Å². The van der Waals surface area contributed by atoms with Crippen molar-refractivity contribution in [2.24, 2.45) is 23.7 Å². The molecule has 12 nitrogen and oxygen atoms in total. The lowest BCUT2D eigenvalue weighted by atomic mass is 9.49. The molecule has 1 aromatic heterocycles. The Morgan fingerprint density at radius 1 is 1.04 bits per heavy atom. The van der Waals surface area contributed by atoms with Gasteiger partial charge < -0.3 is 14.9 Å². The first-order valence-electron chi connectivity index (χ1n) is 16.4. The Morgan fingerprint density at radius 3 is 2.38 bits per heavy atom. The molecule has 1 saturated carbocycles. The van der Waals surface area contributed by atoms with Crippen LogP contribution in [0.15, 0.2) is 66.4 Å². The second-order valence-electron chi connectivity index (χ2n) is 13.3.